The van der Waals surface area contributed by atoms with Crippen LogP contribution in [0, 0.1) is 0 Å². The van der Waals surface area contributed by atoms with Crippen LogP contribution < -0.4 is 0 Å². The molecule has 0 radical (unpaired) electrons. The number of halogens is 1. The van der Waals surface area contributed by atoms with E-state index in [1.165, 1.54) is 54.9 Å². The first kappa shape index (κ1) is 20.0. The van der Waals surface area contributed by atoms with Gasteiger partial charge < -0.3 is 0 Å². The average molecular weight is 485 g/mol. The molecule has 0 bridgehead atoms. The van der Waals surface area contributed by atoms with Gasteiger partial charge in [-0.3, -0.25) is 0 Å². The standard InChI is InChI=1S/C32H21Br/c33-29-20-19-27-21-26-13-7-8-14-28(26)30(24-11-5-2-6-12-24)32(27)31(29)25-17-15-23(16-18-25)22-9-3-1-4-10-22/h1-21H. The minimum atomic E-state index is 1.11. The SMILES string of the molecule is Brc1ccc2cc3ccccc3c(-c3ccccc3)c2c1-c1ccc(-c2ccccc2)cc1. The molecule has 6 rings (SSSR count). The van der Waals surface area contributed by atoms with Crippen LogP contribution in [0.3, 0.4) is 0 Å². The Bertz CT molecular complexity index is 1580. The Balaban J connectivity index is 1.66. The summed E-state index contributed by atoms with van der Waals surface area (Å²) < 4.78 is 1.11. The van der Waals surface area contributed by atoms with E-state index >= 15 is 0 Å². The highest BCUT2D eigenvalue weighted by Crippen LogP contribution is 2.44. The van der Waals surface area contributed by atoms with Crippen molar-refractivity contribution >= 4 is 37.5 Å². The molecule has 0 fully saturated rings. The van der Waals surface area contributed by atoms with E-state index in [1.807, 2.05) is 0 Å². The summed E-state index contributed by atoms with van der Waals surface area (Å²) in [5, 5.41) is 5.06. The summed E-state index contributed by atoms with van der Waals surface area (Å²) in [5.74, 6) is 0. The number of hydrogen-bond donors (Lipinski definition) is 0. The summed E-state index contributed by atoms with van der Waals surface area (Å²) in [4.78, 5) is 0. The first-order chi connectivity index (χ1) is 16.3. The Morgan fingerprint density at radius 3 is 1.67 bits per heavy atom. The minimum Gasteiger partial charge on any atom is -0.0622 e. The first-order valence-electron chi connectivity index (χ1n) is 11.1. The molecule has 1 heteroatoms. The van der Waals surface area contributed by atoms with E-state index in [-0.39, 0.29) is 0 Å². The monoisotopic (exact) mass is 484 g/mol. The fourth-order valence-corrected chi connectivity index (χ4v) is 5.34. The fraction of sp³-hybridized carbons (Fsp3) is 0. The van der Waals surface area contributed by atoms with Crippen molar-refractivity contribution in [2.45, 2.75) is 0 Å². The summed E-state index contributed by atoms with van der Waals surface area (Å²) in [5.41, 5.74) is 7.42. The molecular weight excluding hydrogens is 464 g/mol. The molecular formula is C32H21Br. The number of rotatable bonds is 3. The van der Waals surface area contributed by atoms with E-state index in [2.05, 4.69) is 143 Å². The molecule has 0 aliphatic carbocycles. The van der Waals surface area contributed by atoms with Gasteiger partial charge >= 0.3 is 0 Å². The molecule has 0 aromatic heterocycles. The van der Waals surface area contributed by atoms with Crippen LogP contribution in [-0.4, -0.2) is 0 Å². The maximum absolute atomic E-state index is 3.89. The van der Waals surface area contributed by atoms with Crippen LogP contribution in [0.4, 0.5) is 0 Å². The smallest absolute Gasteiger partial charge is 0.0260 e. The summed E-state index contributed by atoms with van der Waals surface area (Å²) in [6, 6.07) is 45.6. The van der Waals surface area contributed by atoms with Gasteiger partial charge in [-0.15, -0.1) is 0 Å². The third-order valence-electron chi connectivity index (χ3n) is 6.32. The van der Waals surface area contributed by atoms with E-state index in [4.69, 9.17) is 0 Å². The van der Waals surface area contributed by atoms with Gasteiger partial charge in [0.25, 0.3) is 0 Å². The Hall–Kier alpha value is -3.68. The Morgan fingerprint density at radius 2 is 0.939 bits per heavy atom. The Morgan fingerprint density at radius 1 is 0.394 bits per heavy atom. The van der Waals surface area contributed by atoms with Crippen LogP contribution in [0.2, 0.25) is 0 Å². The van der Waals surface area contributed by atoms with Gasteiger partial charge in [0.1, 0.15) is 0 Å². The van der Waals surface area contributed by atoms with Gasteiger partial charge in [-0.25, -0.2) is 0 Å². The van der Waals surface area contributed by atoms with E-state index in [9.17, 15) is 0 Å². The van der Waals surface area contributed by atoms with Crippen LogP contribution in [0.25, 0.3) is 54.9 Å². The molecule has 0 N–H and O–H groups in total. The average Bonchev–Trinajstić information content (AvgIpc) is 2.89. The minimum absolute atomic E-state index is 1.11. The first-order valence-corrected chi connectivity index (χ1v) is 11.9. The second-order valence-electron chi connectivity index (χ2n) is 8.30. The van der Waals surface area contributed by atoms with Crippen molar-refractivity contribution < 1.29 is 0 Å². The molecule has 0 saturated carbocycles. The van der Waals surface area contributed by atoms with Gasteiger partial charge in [-0.2, -0.15) is 0 Å². The van der Waals surface area contributed by atoms with Crippen LogP contribution in [0.5, 0.6) is 0 Å². The van der Waals surface area contributed by atoms with E-state index < -0.39 is 0 Å². The molecule has 0 saturated heterocycles. The van der Waals surface area contributed by atoms with Crippen LogP contribution in [-0.2, 0) is 0 Å². The summed E-state index contributed by atoms with van der Waals surface area (Å²) >= 11 is 3.89. The molecule has 0 unspecified atom stereocenters. The number of fused-ring (bicyclic) bond motifs is 2. The Labute approximate surface area is 202 Å². The molecule has 6 aromatic rings. The Kier molecular flexibility index (Phi) is 5.05. The third-order valence-corrected chi connectivity index (χ3v) is 6.98. The molecule has 0 spiro atoms. The van der Waals surface area contributed by atoms with Crippen LogP contribution in [0.1, 0.15) is 0 Å². The lowest BCUT2D eigenvalue weighted by atomic mass is 9.87. The van der Waals surface area contributed by atoms with Crippen molar-refractivity contribution in [3.63, 3.8) is 0 Å². The van der Waals surface area contributed by atoms with Crippen molar-refractivity contribution in [1.29, 1.82) is 0 Å². The summed E-state index contributed by atoms with van der Waals surface area (Å²) in [6.07, 6.45) is 0. The highest BCUT2D eigenvalue weighted by atomic mass is 79.9. The molecule has 0 atom stereocenters. The molecule has 156 valence electrons. The van der Waals surface area contributed by atoms with Crippen LogP contribution in [0.15, 0.2) is 132 Å². The van der Waals surface area contributed by atoms with Crippen molar-refractivity contribution in [3.8, 4) is 33.4 Å². The molecule has 0 nitrogen and oxygen atoms in total. The molecule has 0 heterocycles. The lowest BCUT2D eigenvalue weighted by molar-refractivity contribution is 1.59. The highest BCUT2D eigenvalue weighted by Gasteiger charge is 2.16. The molecule has 33 heavy (non-hydrogen) atoms. The van der Waals surface area contributed by atoms with Crippen molar-refractivity contribution in [1.82, 2.24) is 0 Å². The number of hydrogen-bond acceptors (Lipinski definition) is 0. The van der Waals surface area contributed by atoms with E-state index in [1.54, 1.807) is 0 Å². The van der Waals surface area contributed by atoms with Crippen molar-refractivity contribution in [2.75, 3.05) is 0 Å². The third kappa shape index (κ3) is 3.55. The highest BCUT2D eigenvalue weighted by molar-refractivity contribution is 9.10. The van der Waals surface area contributed by atoms with E-state index in [0.717, 1.165) is 4.47 Å². The second-order valence-corrected chi connectivity index (χ2v) is 9.16. The number of benzene rings is 6. The topological polar surface area (TPSA) is 0 Å². The maximum atomic E-state index is 3.89. The van der Waals surface area contributed by atoms with Gasteiger partial charge in [0.15, 0.2) is 0 Å². The van der Waals surface area contributed by atoms with Gasteiger partial charge in [0.2, 0.25) is 0 Å². The predicted octanol–water partition coefficient (Wildman–Crippen LogP) is 9.76. The van der Waals surface area contributed by atoms with E-state index in [0.29, 0.717) is 0 Å². The summed E-state index contributed by atoms with van der Waals surface area (Å²) in [6.45, 7) is 0. The quantitative estimate of drug-likeness (QED) is 0.219. The zero-order chi connectivity index (χ0) is 22.2. The summed E-state index contributed by atoms with van der Waals surface area (Å²) in [7, 11) is 0. The molecule has 0 aliphatic rings. The zero-order valence-corrected chi connectivity index (χ0v) is 19.6. The maximum Gasteiger partial charge on any atom is 0.0260 e. The van der Waals surface area contributed by atoms with Gasteiger partial charge in [0, 0.05) is 10.0 Å². The zero-order valence-electron chi connectivity index (χ0n) is 18.0. The van der Waals surface area contributed by atoms with Gasteiger partial charge in [-0.05, 0) is 61.5 Å². The fourth-order valence-electron chi connectivity index (χ4n) is 4.78. The molecule has 0 aliphatic heterocycles. The second kappa shape index (κ2) is 8.35. The van der Waals surface area contributed by atoms with Crippen molar-refractivity contribution in [3.05, 3.63) is 132 Å². The molecule has 6 aromatic carbocycles. The van der Waals surface area contributed by atoms with Gasteiger partial charge in [-0.1, -0.05) is 131 Å². The normalized spacial score (nSPS) is 11.2. The lowest BCUT2D eigenvalue weighted by Crippen LogP contribution is -1.90. The van der Waals surface area contributed by atoms with Gasteiger partial charge in [0.05, 0.1) is 0 Å². The lowest BCUT2D eigenvalue weighted by Gasteiger charge is -2.17. The largest absolute Gasteiger partial charge is 0.0622 e. The predicted molar refractivity (Wildman–Crippen MR) is 145 cm³/mol. The molecule has 0 amide bonds. The van der Waals surface area contributed by atoms with Crippen LogP contribution >= 0.6 is 15.9 Å². The van der Waals surface area contributed by atoms with Crippen molar-refractivity contribution in [2.24, 2.45) is 0 Å².